The van der Waals surface area contributed by atoms with E-state index in [1.165, 1.54) is 4.90 Å². The van der Waals surface area contributed by atoms with Crippen molar-refractivity contribution in [1.82, 2.24) is 4.31 Å². The van der Waals surface area contributed by atoms with Crippen LogP contribution >= 0.6 is 11.3 Å². The SMILES string of the molecule is Cc1ccc(S(=O)(=O)N(CCC[NH+]2CCOCC2)Cc2cccs2)cc1. The Kier molecular flexibility index (Phi) is 6.83. The quantitative estimate of drug-likeness (QED) is 0.738. The summed E-state index contributed by atoms with van der Waals surface area (Å²) in [4.78, 5) is 2.94. The topological polar surface area (TPSA) is 51.0 Å². The molecule has 7 heteroatoms. The predicted molar refractivity (Wildman–Crippen MR) is 104 cm³/mol. The van der Waals surface area contributed by atoms with E-state index >= 15 is 0 Å². The highest BCUT2D eigenvalue weighted by Crippen LogP contribution is 2.21. The molecular formula is C19H27N2O3S2+. The van der Waals surface area contributed by atoms with Crippen LogP contribution in [0.15, 0.2) is 46.7 Å². The molecule has 0 atom stereocenters. The number of quaternary nitrogens is 1. The van der Waals surface area contributed by atoms with E-state index in [-0.39, 0.29) is 0 Å². The predicted octanol–water partition coefficient (Wildman–Crippen LogP) is 1.55. The third kappa shape index (κ3) is 5.14. The lowest BCUT2D eigenvalue weighted by Gasteiger charge is -2.26. The minimum Gasteiger partial charge on any atom is -0.370 e. The molecule has 0 radical (unpaired) electrons. The molecule has 0 spiro atoms. The lowest BCUT2D eigenvalue weighted by atomic mass is 10.2. The van der Waals surface area contributed by atoms with Crippen LogP contribution in [0.1, 0.15) is 16.9 Å². The van der Waals surface area contributed by atoms with Crippen molar-refractivity contribution in [1.29, 1.82) is 0 Å². The first-order valence-corrected chi connectivity index (χ1v) is 11.4. The van der Waals surface area contributed by atoms with Crippen molar-refractivity contribution >= 4 is 21.4 Å². The largest absolute Gasteiger partial charge is 0.370 e. The lowest BCUT2D eigenvalue weighted by Crippen LogP contribution is -3.14. The summed E-state index contributed by atoms with van der Waals surface area (Å²) in [6.07, 6.45) is 0.853. The van der Waals surface area contributed by atoms with Gasteiger partial charge in [-0.25, -0.2) is 8.42 Å². The second kappa shape index (κ2) is 9.10. The molecular weight excluding hydrogens is 368 g/mol. The average molecular weight is 396 g/mol. The molecule has 1 aliphatic heterocycles. The van der Waals surface area contributed by atoms with E-state index in [9.17, 15) is 8.42 Å². The van der Waals surface area contributed by atoms with Gasteiger partial charge in [-0.05, 0) is 30.5 Å². The van der Waals surface area contributed by atoms with Crippen LogP contribution in [0.3, 0.4) is 0 Å². The molecule has 142 valence electrons. The lowest BCUT2D eigenvalue weighted by molar-refractivity contribution is -0.908. The summed E-state index contributed by atoms with van der Waals surface area (Å²) in [6.45, 7) is 7.54. The normalized spacial score (nSPS) is 16.2. The van der Waals surface area contributed by atoms with Crippen LogP contribution in [0.5, 0.6) is 0 Å². The molecule has 0 aliphatic carbocycles. The number of nitrogens with zero attached hydrogens (tertiary/aromatic N) is 1. The van der Waals surface area contributed by atoms with Crippen LogP contribution in [-0.4, -0.2) is 52.1 Å². The minimum atomic E-state index is -3.49. The van der Waals surface area contributed by atoms with Gasteiger partial charge in [-0.3, -0.25) is 0 Å². The maximum absolute atomic E-state index is 13.2. The Labute approximate surface area is 160 Å². The van der Waals surface area contributed by atoms with Crippen molar-refractivity contribution in [2.75, 3.05) is 39.4 Å². The molecule has 0 saturated carbocycles. The van der Waals surface area contributed by atoms with Gasteiger partial charge in [0.1, 0.15) is 13.1 Å². The van der Waals surface area contributed by atoms with Crippen molar-refractivity contribution in [2.45, 2.75) is 24.8 Å². The number of hydrogen-bond acceptors (Lipinski definition) is 4. The Morgan fingerprint density at radius 2 is 1.88 bits per heavy atom. The zero-order chi connectivity index (χ0) is 18.4. The van der Waals surface area contributed by atoms with Crippen molar-refractivity contribution in [3.63, 3.8) is 0 Å². The van der Waals surface area contributed by atoms with Crippen LogP contribution < -0.4 is 4.90 Å². The first-order chi connectivity index (χ1) is 12.6. The highest BCUT2D eigenvalue weighted by molar-refractivity contribution is 7.89. The second-order valence-electron chi connectivity index (χ2n) is 6.70. The van der Waals surface area contributed by atoms with Gasteiger partial charge in [0, 0.05) is 24.4 Å². The molecule has 3 rings (SSSR count). The van der Waals surface area contributed by atoms with Gasteiger partial charge in [0.05, 0.1) is 24.7 Å². The Balaban J connectivity index is 1.70. The van der Waals surface area contributed by atoms with E-state index in [4.69, 9.17) is 4.74 Å². The number of thiophene rings is 1. The Morgan fingerprint density at radius 1 is 1.15 bits per heavy atom. The fourth-order valence-electron chi connectivity index (χ4n) is 3.14. The van der Waals surface area contributed by atoms with Crippen LogP contribution in [0.25, 0.3) is 0 Å². The second-order valence-corrected chi connectivity index (χ2v) is 9.67. The Bertz CT molecular complexity index is 768. The molecule has 0 amide bonds. The molecule has 5 nitrogen and oxygen atoms in total. The first-order valence-electron chi connectivity index (χ1n) is 9.06. The van der Waals surface area contributed by atoms with Gasteiger partial charge in [-0.15, -0.1) is 11.3 Å². The summed E-state index contributed by atoms with van der Waals surface area (Å²) in [5.41, 5.74) is 1.06. The van der Waals surface area contributed by atoms with Crippen molar-refractivity contribution in [3.05, 3.63) is 52.2 Å². The van der Waals surface area contributed by atoms with E-state index in [2.05, 4.69) is 0 Å². The van der Waals surface area contributed by atoms with Gasteiger partial charge >= 0.3 is 0 Å². The number of aryl methyl sites for hydroxylation is 1. The summed E-state index contributed by atoms with van der Waals surface area (Å²) in [5, 5.41) is 1.99. The molecule has 2 aromatic rings. The van der Waals surface area contributed by atoms with Crippen LogP contribution in [0.2, 0.25) is 0 Å². The van der Waals surface area contributed by atoms with E-state index in [0.717, 1.165) is 49.7 Å². The van der Waals surface area contributed by atoms with E-state index in [1.807, 2.05) is 36.6 Å². The molecule has 0 unspecified atom stereocenters. The third-order valence-corrected chi connectivity index (χ3v) is 7.43. The number of ether oxygens (including phenoxy) is 1. The maximum Gasteiger partial charge on any atom is 0.243 e. The molecule has 1 fully saturated rings. The van der Waals surface area contributed by atoms with Crippen LogP contribution in [0.4, 0.5) is 0 Å². The van der Waals surface area contributed by atoms with Crippen molar-refractivity contribution < 1.29 is 18.1 Å². The zero-order valence-electron chi connectivity index (χ0n) is 15.2. The summed E-state index contributed by atoms with van der Waals surface area (Å²) in [5.74, 6) is 0. The molecule has 26 heavy (non-hydrogen) atoms. The van der Waals surface area contributed by atoms with Gasteiger partial charge in [-0.1, -0.05) is 23.8 Å². The molecule has 1 aromatic heterocycles. The molecule has 1 aliphatic rings. The number of morpholine rings is 1. The van der Waals surface area contributed by atoms with Gasteiger partial charge in [0.15, 0.2) is 0 Å². The summed E-state index contributed by atoms with van der Waals surface area (Å²) in [7, 11) is -3.49. The van der Waals surface area contributed by atoms with E-state index in [1.54, 1.807) is 27.8 Å². The molecule has 2 heterocycles. The van der Waals surface area contributed by atoms with Crippen molar-refractivity contribution in [2.24, 2.45) is 0 Å². The number of rotatable bonds is 8. The number of nitrogens with one attached hydrogen (secondary N) is 1. The molecule has 1 N–H and O–H groups in total. The summed E-state index contributed by atoms with van der Waals surface area (Å²) < 4.78 is 33.3. The van der Waals surface area contributed by atoms with Crippen molar-refractivity contribution in [3.8, 4) is 0 Å². The molecule has 0 bridgehead atoms. The van der Waals surface area contributed by atoms with Crippen LogP contribution in [0, 0.1) is 6.92 Å². The highest BCUT2D eigenvalue weighted by Gasteiger charge is 2.25. The molecule has 1 saturated heterocycles. The third-order valence-electron chi connectivity index (χ3n) is 4.71. The fraction of sp³-hybridized carbons (Fsp3) is 0.474. The summed E-state index contributed by atoms with van der Waals surface area (Å²) >= 11 is 1.60. The zero-order valence-corrected chi connectivity index (χ0v) is 16.8. The van der Waals surface area contributed by atoms with Gasteiger partial charge in [0.25, 0.3) is 0 Å². The molecule has 1 aromatic carbocycles. The highest BCUT2D eigenvalue weighted by atomic mass is 32.2. The van der Waals surface area contributed by atoms with Gasteiger partial charge < -0.3 is 9.64 Å². The Hall–Kier alpha value is -1.25. The number of sulfonamides is 1. The smallest absolute Gasteiger partial charge is 0.243 e. The fourth-order valence-corrected chi connectivity index (χ4v) is 5.39. The van der Waals surface area contributed by atoms with Gasteiger partial charge in [-0.2, -0.15) is 4.31 Å². The van der Waals surface area contributed by atoms with E-state index in [0.29, 0.717) is 18.0 Å². The Morgan fingerprint density at radius 3 is 2.54 bits per heavy atom. The monoisotopic (exact) mass is 395 g/mol. The summed E-state index contributed by atoms with van der Waals surface area (Å²) in [6, 6.07) is 11.1. The first kappa shape index (κ1) is 19.5. The standard InChI is InChI=1S/C19H26N2O3S2/c1-17-5-7-19(8-6-17)26(22,23)21(16-18-4-2-15-25-18)10-3-9-20-11-13-24-14-12-20/h2,4-8,15H,3,9-14,16H2,1H3/p+1. The number of hydrogen-bond donors (Lipinski definition) is 1. The van der Waals surface area contributed by atoms with E-state index < -0.39 is 10.0 Å². The van der Waals surface area contributed by atoms with Gasteiger partial charge in [0.2, 0.25) is 10.0 Å². The minimum absolute atomic E-state index is 0.373. The van der Waals surface area contributed by atoms with Crippen LogP contribution in [-0.2, 0) is 21.3 Å². The maximum atomic E-state index is 13.2. The number of benzene rings is 1. The average Bonchev–Trinajstić information content (AvgIpc) is 3.15.